The zero-order chi connectivity index (χ0) is 12.3. The fraction of sp³-hybridized carbons (Fsp3) is 0.333. The van der Waals surface area contributed by atoms with E-state index in [2.05, 4.69) is 0 Å². The highest BCUT2D eigenvalue weighted by Crippen LogP contribution is 2.18. The molecule has 0 spiro atoms. The van der Waals surface area contributed by atoms with Crippen LogP contribution in [0.4, 0.5) is 5.69 Å². The van der Waals surface area contributed by atoms with E-state index in [0.717, 1.165) is 5.56 Å². The summed E-state index contributed by atoms with van der Waals surface area (Å²) in [6.07, 6.45) is -0.000648. The van der Waals surface area contributed by atoms with Gasteiger partial charge >= 0.3 is 0 Å². The summed E-state index contributed by atoms with van der Waals surface area (Å²) in [4.78, 5) is 9.93. The molecular formula is C9H10NO5S-. The van der Waals surface area contributed by atoms with Gasteiger partial charge in [0.2, 0.25) is 0 Å². The van der Waals surface area contributed by atoms with Gasteiger partial charge < -0.3 is 4.55 Å². The van der Waals surface area contributed by atoms with Gasteiger partial charge in [-0.1, -0.05) is 6.07 Å². The predicted molar refractivity (Wildman–Crippen MR) is 56.1 cm³/mol. The molecule has 0 atom stereocenters. The topological polar surface area (TPSA) is 100 Å². The highest BCUT2D eigenvalue weighted by molar-refractivity contribution is 7.85. The maximum absolute atomic E-state index is 10.5. The summed E-state index contributed by atoms with van der Waals surface area (Å²) in [6.45, 7) is 1.70. The Labute approximate surface area is 92.8 Å². The van der Waals surface area contributed by atoms with E-state index in [9.17, 15) is 23.1 Å². The molecule has 0 aliphatic rings. The molecule has 0 bridgehead atoms. The second-order valence-corrected chi connectivity index (χ2v) is 4.90. The van der Waals surface area contributed by atoms with E-state index in [-0.39, 0.29) is 12.1 Å². The highest BCUT2D eigenvalue weighted by atomic mass is 32.2. The van der Waals surface area contributed by atoms with Crippen LogP contribution in [-0.4, -0.2) is 23.6 Å². The Morgan fingerprint density at radius 3 is 2.50 bits per heavy atom. The van der Waals surface area contributed by atoms with Crippen molar-refractivity contribution < 1.29 is 17.9 Å². The number of rotatable bonds is 4. The zero-order valence-electron chi connectivity index (χ0n) is 8.54. The maximum Gasteiger partial charge on any atom is 0.269 e. The molecule has 88 valence electrons. The molecule has 1 aromatic rings. The highest BCUT2D eigenvalue weighted by Gasteiger charge is 2.09. The summed E-state index contributed by atoms with van der Waals surface area (Å²) in [5, 5.41) is 10.5. The molecule has 0 aromatic heterocycles. The number of hydrogen-bond acceptors (Lipinski definition) is 5. The molecule has 1 aromatic carbocycles. The van der Waals surface area contributed by atoms with Crippen LogP contribution in [-0.2, 0) is 16.5 Å². The van der Waals surface area contributed by atoms with Gasteiger partial charge in [0.05, 0.1) is 15.0 Å². The van der Waals surface area contributed by atoms with Gasteiger partial charge in [0.25, 0.3) is 5.69 Å². The van der Waals surface area contributed by atoms with Gasteiger partial charge in [-0.05, 0) is 24.5 Å². The minimum atomic E-state index is -4.29. The largest absolute Gasteiger partial charge is 0.748 e. The lowest BCUT2D eigenvalue weighted by molar-refractivity contribution is -0.384. The van der Waals surface area contributed by atoms with E-state index in [1.54, 1.807) is 6.92 Å². The standard InChI is InChI=1S/C9H11NO5S/c1-7-2-3-9(10(11)12)6-8(7)4-5-16(13,14)15/h2-3,6H,4-5H2,1H3,(H,13,14,15)/p-1. The second-order valence-electron chi connectivity index (χ2n) is 3.38. The minimum absolute atomic E-state index is 0.000648. The molecule has 0 unspecified atom stereocenters. The van der Waals surface area contributed by atoms with Crippen molar-refractivity contribution in [1.29, 1.82) is 0 Å². The first-order valence-corrected chi connectivity index (χ1v) is 6.05. The first kappa shape index (κ1) is 12.6. The summed E-state index contributed by atoms with van der Waals surface area (Å²) < 4.78 is 31.3. The quantitative estimate of drug-likeness (QED) is 0.446. The minimum Gasteiger partial charge on any atom is -0.748 e. The van der Waals surface area contributed by atoms with Crippen LogP contribution in [0, 0.1) is 17.0 Å². The van der Waals surface area contributed by atoms with Gasteiger partial charge in [0, 0.05) is 17.9 Å². The fourth-order valence-corrected chi connectivity index (χ4v) is 1.75. The number of benzene rings is 1. The third-order valence-corrected chi connectivity index (χ3v) is 2.87. The van der Waals surface area contributed by atoms with Crippen molar-refractivity contribution in [3.63, 3.8) is 0 Å². The Bertz CT molecular complexity index is 509. The molecular weight excluding hydrogens is 234 g/mol. The lowest BCUT2D eigenvalue weighted by Crippen LogP contribution is -2.08. The molecule has 0 saturated carbocycles. The number of nitro groups is 1. The number of non-ortho nitro benzene ring substituents is 1. The Morgan fingerprint density at radius 1 is 1.38 bits per heavy atom. The van der Waals surface area contributed by atoms with E-state index in [0.29, 0.717) is 5.56 Å². The number of aryl methyl sites for hydroxylation is 2. The van der Waals surface area contributed by atoms with Gasteiger partial charge in [0.1, 0.15) is 0 Å². The molecule has 16 heavy (non-hydrogen) atoms. The molecule has 0 aliphatic heterocycles. The van der Waals surface area contributed by atoms with Crippen LogP contribution in [0.15, 0.2) is 18.2 Å². The summed E-state index contributed by atoms with van der Waals surface area (Å²) in [5.41, 5.74) is 1.13. The Kier molecular flexibility index (Phi) is 3.61. The first-order valence-electron chi connectivity index (χ1n) is 4.47. The average molecular weight is 244 g/mol. The molecule has 6 nitrogen and oxygen atoms in total. The van der Waals surface area contributed by atoms with Gasteiger partial charge in [-0.2, -0.15) is 0 Å². The van der Waals surface area contributed by atoms with E-state index in [4.69, 9.17) is 0 Å². The smallest absolute Gasteiger partial charge is 0.269 e. The molecule has 0 radical (unpaired) electrons. The van der Waals surface area contributed by atoms with Crippen LogP contribution >= 0.6 is 0 Å². The maximum atomic E-state index is 10.5. The number of nitro benzene ring substituents is 1. The van der Waals surface area contributed by atoms with Crippen molar-refractivity contribution in [3.05, 3.63) is 39.4 Å². The third-order valence-electron chi connectivity index (χ3n) is 2.16. The van der Waals surface area contributed by atoms with Crippen LogP contribution in [0.5, 0.6) is 0 Å². The molecule has 0 amide bonds. The molecule has 0 heterocycles. The summed E-state index contributed by atoms with van der Waals surface area (Å²) in [6, 6.07) is 4.16. The van der Waals surface area contributed by atoms with Crippen LogP contribution in [0.1, 0.15) is 11.1 Å². The SMILES string of the molecule is Cc1ccc([N+](=O)[O-])cc1CCS(=O)(=O)[O-]. The van der Waals surface area contributed by atoms with Crippen LogP contribution in [0.25, 0.3) is 0 Å². The van der Waals surface area contributed by atoms with E-state index in [1.807, 2.05) is 0 Å². The summed E-state index contributed by atoms with van der Waals surface area (Å²) in [7, 11) is -4.29. The van der Waals surface area contributed by atoms with Crippen molar-refractivity contribution in [2.45, 2.75) is 13.3 Å². The fourth-order valence-electron chi connectivity index (χ4n) is 1.28. The van der Waals surface area contributed by atoms with Gasteiger partial charge in [-0.15, -0.1) is 0 Å². The van der Waals surface area contributed by atoms with Crippen molar-refractivity contribution in [2.75, 3.05) is 5.75 Å². The zero-order valence-corrected chi connectivity index (χ0v) is 9.36. The van der Waals surface area contributed by atoms with Gasteiger partial charge in [0.15, 0.2) is 0 Å². The molecule has 0 saturated heterocycles. The Hall–Kier alpha value is -1.47. The summed E-state index contributed by atoms with van der Waals surface area (Å²) in [5.74, 6) is -0.547. The van der Waals surface area contributed by atoms with E-state index in [1.165, 1.54) is 18.2 Å². The lowest BCUT2D eigenvalue weighted by Gasteiger charge is -2.08. The third kappa shape index (κ3) is 3.59. The number of nitrogens with zero attached hydrogens (tertiary/aromatic N) is 1. The van der Waals surface area contributed by atoms with Crippen molar-refractivity contribution in [2.24, 2.45) is 0 Å². The normalized spacial score (nSPS) is 11.4. The molecule has 0 fully saturated rings. The Balaban J connectivity index is 2.95. The van der Waals surface area contributed by atoms with Crippen LogP contribution in [0.2, 0.25) is 0 Å². The monoisotopic (exact) mass is 244 g/mol. The molecule has 7 heteroatoms. The average Bonchev–Trinajstić information content (AvgIpc) is 2.14. The summed E-state index contributed by atoms with van der Waals surface area (Å²) >= 11 is 0. The lowest BCUT2D eigenvalue weighted by atomic mass is 10.1. The Morgan fingerprint density at radius 2 is 2.00 bits per heavy atom. The van der Waals surface area contributed by atoms with Crippen molar-refractivity contribution >= 4 is 15.8 Å². The predicted octanol–water partition coefficient (Wildman–Crippen LogP) is 0.991. The first-order chi connectivity index (χ1) is 7.29. The van der Waals surface area contributed by atoms with Crippen molar-refractivity contribution in [3.8, 4) is 0 Å². The van der Waals surface area contributed by atoms with Crippen LogP contribution < -0.4 is 0 Å². The van der Waals surface area contributed by atoms with Gasteiger partial charge in [-0.3, -0.25) is 10.1 Å². The van der Waals surface area contributed by atoms with E-state index >= 15 is 0 Å². The van der Waals surface area contributed by atoms with Crippen LogP contribution in [0.3, 0.4) is 0 Å². The molecule has 0 aliphatic carbocycles. The van der Waals surface area contributed by atoms with Crippen molar-refractivity contribution in [1.82, 2.24) is 0 Å². The number of hydrogen-bond donors (Lipinski definition) is 0. The van der Waals surface area contributed by atoms with E-state index < -0.39 is 20.8 Å². The second kappa shape index (κ2) is 4.58. The molecule has 0 N–H and O–H groups in total. The van der Waals surface area contributed by atoms with Gasteiger partial charge in [-0.25, -0.2) is 8.42 Å². The molecule has 1 rings (SSSR count).